The van der Waals surface area contributed by atoms with Crippen molar-refractivity contribution >= 4 is 11.6 Å². The second-order valence-corrected chi connectivity index (χ2v) is 4.88. The quantitative estimate of drug-likeness (QED) is 0.658. The van der Waals surface area contributed by atoms with Crippen LogP contribution in [0.4, 0.5) is 0 Å². The largest absolute Gasteiger partial charge is 0.497 e. The Morgan fingerprint density at radius 1 is 0.773 bits per heavy atom. The van der Waals surface area contributed by atoms with Gasteiger partial charge in [0.15, 0.2) is 0 Å². The van der Waals surface area contributed by atoms with Crippen LogP contribution in [0.15, 0.2) is 48.5 Å². The molecule has 0 heterocycles. The first-order valence-corrected chi connectivity index (χ1v) is 7.39. The van der Waals surface area contributed by atoms with Gasteiger partial charge in [0.05, 0.1) is 20.3 Å². The molecule has 0 saturated heterocycles. The first-order valence-electron chi connectivity index (χ1n) is 7.01. The molecule has 0 unspecified atom stereocenters. The second-order valence-electron chi connectivity index (χ2n) is 4.44. The Morgan fingerprint density at radius 3 is 2.09 bits per heavy atom. The fourth-order valence-electron chi connectivity index (χ4n) is 1.76. The van der Waals surface area contributed by atoms with E-state index in [4.69, 9.17) is 30.5 Å². The van der Waals surface area contributed by atoms with Gasteiger partial charge in [-0.05, 0) is 36.4 Å². The highest BCUT2D eigenvalue weighted by molar-refractivity contribution is 6.30. The monoisotopic (exact) mass is 322 g/mol. The van der Waals surface area contributed by atoms with Crippen LogP contribution in [0.2, 0.25) is 5.02 Å². The lowest BCUT2D eigenvalue weighted by Crippen LogP contribution is -2.12. The lowest BCUT2D eigenvalue weighted by atomic mass is 10.3. The SMILES string of the molecule is COc1cccc(OCCOCCOc2ccc(Cl)cc2)c1. The Labute approximate surface area is 135 Å². The van der Waals surface area contributed by atoms with E-state index in [1.165, 1.54) is 0 Å². The van der Waals surface area contributed by atoms with Crippen LogP contribution in [0.25, 0.3) is 0 Å². The lowest BCUT2D eigenvalue weighted by molar-refractivity contribution is 0.0764. The van der Waals surface area contributed by atoms with E-state index in [9.17, 15) is 0 Å². The van der Waals surface area contributed by atoms with Gasteiger partial charge in [-0.2, -0.15) is 0 Å². The molecular formula is C17H19ClO4. The fourth-order valence-corrected chi connectivity index (χ4v) is 1.89. The second kappa shape index (κ2) is 9.18. The topological polar surface area (TPSA) is 36.9 Å². The molecule has 118 valence electrons. The van der Waals surface area contributed by atoms with Gasteiger partial charge >= 0.3 is 0 Å². The van der Waals surface area contributed by atoms with Crippen LogP contribution in [-0.4, -0.2) is 33.5 Å². The van der Waals surface area contributed by atoms with Crippen molar-refractivity contribution in [1.29, 1.82) is 0 Å². The number of hydrogen-bond donors (Lipinski definition) is 0. The summed E-state index contributed by atoms with van der Waals surface area (Å²) in [5.74, 6) is 2.32. The minimum absolute atomic E-state index is 0.480. The van der Waals surface area contributed by atoms with Crippen molar-refractivity contribution in [2.75, 3.05) is 33.5 Å². The van der Waals surface area contributed by atoms with Crippen LogP contribution in [0, 0.1) is 0 Å². The zero-order valence-electron chi connectivity index (χ0n) is 12.5. The molecule has 0 spiro atoms. The summed E-state index contributed by atoms with van der Waals surface area (Å²) in [4.78, 5) is 0. The molecule has 0 atom stereocenters. The molecule has 0 N–H and O–H groups in total. The minimum atomic E-state index is 0.480. The van der Waals surface area contributed by atoms with Crippen molar-refractivity contribution in [2.45, 2.75) is 0 Å². The van der Waals surface area contributed by atoms with Gasteiger partial charge in [0.2, 0.25) is 0 Å². The summed E-state index contributed by atoms with van der Waals surface area (Å²) in [6, 6.07) is 14.7. The third-order valence-electron chi connectivity index (χ3n) is 2.85. The van der Waals surface area contributed by atoms with Gasteiger partial charge < -0.3 is 18.9 Å². The van der Waals surface area contributed by atoms with Crippen LogP contribution in [0.3, 0.4) is 0 Å². The molecule has 0 amide bonds. The van der Waals surface area contributed by atoms with E-state index in [1.54, 1.807) is 19.2 Å². The molecule has 0 aromatic heterocycles. The predicted octanol–water partition coefficient (Wildman–Crippen LogP) is 3.82. The summed E-state index contributed by atoms with van der Waals surface area (Å²) in [6.45, 7) is 1.97. The summed E-state index contributed by atoms with van der Waals surface area (Å²) < 4.78 is 21.7. The molecule has 0 bridgehead atoms. The van der Waals surface area contributed by atoms with Gasteiger partial charge in [-0.25, -0.2) is 0 Å². The molecule has 5 heteroatoms. The van der Waals surface area contributed by atoms with Crippen molar-refractivity contribution in [2.24, 2.45) is 0 Å². The molecule has 22 heavy (non-hydrogen) atoms. The Hall–Kier alpha value is -1.91. The van der Waals surface area contributed by atoms with E-state index in [0.29, 0.717) is 31.5 Å². The molecule has 2 aromatic carbocycles. The number of ether oxygens (including phenoxy) is 4. The molecular weight excluding hydrogens is 304 g/mol. The molecule has 0 fully saturated rings. The summed E-state index contributed by atoms with van der Waals surface area (Å²) in [7, 11) is 1.63. The first kappa shape index (κ1) is 16.5. The summed E-state index contributed by atoms with van der Waals surface area (Å²) >= 11 is 5.80. The van der Waals surface area contributed by atoms with Crippen LogP contribution in [0.5, 0.6) is 17.2 Å². The first-order chi connectivity index (χ1) is 10.8. The average molecular weight is 323 g/mol. The maximum absolute atomic E-state index is 5.80. The lowest BCUT2D eigenvalue weighted by Gasteiger charge is -2.09. The molecule has 2 aromatic rings. The smallest absolute Gasteiger partial charge is 0.123 e. The highest BCUT2D eigenvalue weighted by Gasteiger charge is 1.97. The summed E-state index contributed by atoms with van der Waals surface area (Å²) in [6.07, 6.45) is 0. The summed E-state index contributed by atoms with van der Waals surface area (Å²) in [5.41, 5.74) is 0. The molecule has 0 aliphatic heterocycles. The van der Waals surface area contributed by atoms with Gasteiger partial charge in [0.25, 0.3) is 0 Å². The van der Waals surface area contributed by atoms with Crippen molar-refractivity contribution in [1.82, 2.24) is 0 Å². The van der Waals surface area contributed by atoms with Crippen LogP contribution >= 0.6 is 11.6 Å². The van der Waals surface area contributed by atoms with Crippen molar-refractivity contribution < 1.29 is 18.9 Å². The molecule has 0 radical (unpaired) electrons. The zero-order chi connectivity index (χ0) is 15.6. The van der Waals surface area contributed by atoms with Crippen LogP contribution in [-0.2, 0) is 4.74 Å². The van der Waals surface area contributed by atoms with Crippen LogP contribution in [0.1, 0.15) is 0 Å². The maximum atomic E-state index is 5.80. The number of rotatable bonds is 9. The number of hydrogen-bond acceptors (Lipinski definition) is 4. The number of halogens is 1. The summed E-state index contributed by atoms with van der Waals surface area (Å²) in [5, 5.41) is 0.693. The highest BCUT2D eigenvalue weighted by atomic mass is 35.5. The molecule has 2 rings (SSSR count). The third kappa shape index (κ3) is 5.84. The highest BCUT2D eigenvalue weighted by Crippen LogP contribution is 2.18. The molecule has 0 aliphatic carbocycles. The van der Waals surface area contributed by atoms with Gasteiger partial charge in [-0.1, -0.05) is 17.7 Å². The zero-order valence-corrected chi connectivity index (χ0v) is 13.2. The van der Waals surface area contributed by atoms with Gasteiger partial charge in [-0.15, -0.1) is 0 Å². The Kier molecular flexibility index (Phi) is 6.87. The van der Waals surface area contributed by atoms with Crippen LogP contribution < -0.4 is 14.2 Å². The standard InChI is InChI=1S/C17H19ClO4/c1-19-16-3-2-4-17(13-16)22-12-10-20-9-11-21-15-7-5-14(18)6-8-15/h2-8,13H,9-12H2,1H3. The average Bonchev–Trinajstić information content (AvgIpc) is 2.56. The van der Waals surface area contributed by atoms with Crippen molar-refractivity contribution in [3.8, 4) is 17.2 Å². The molecule has 0 saturated carbocycles. The van der Waals surface area contributed by atoms with Gasteiger partial charge in [-0.3, -0.25) is 0 Å². The van der Waals surface area contributed by atoms with E-state index in [1.807, 2.05) is 36.4 Å². The fraction of sp³-hybridized carbons (Fsp3) is 0.294. The predicted molar refractivity (Wildman–Crippen MR) is 86.3 cm³/mol. The Morgan fingerprint density at radius 2 is 1.41 bits per heavy atom. The molecule has 4 nitrogen and oxygen atoms in total. The van der Waals surface area contributed by atoms with E-state index < -0.39 is 0 Å². The van der Waals surface area contributed by atoms with E-state index >= 15 is 0 Å². The Balaban J connectivity index is 1.54. The third-order valence-corrected chi connectivity index (χ3v) is 3.10. The van der Waals surface area contributed by atoms with E-state index in [2.05, 4.69) is 0 Å². The normalized spacial score (nSPS) is 10.3. The van der Waals surface area contributed by atoms with Gasteiger partial charge in [0, 0.05) is 11.1 Å². The Bertz CT molecular complexity index is 557. The maximum Gasteiger partial charge on any atom is 0.123 e. The van der Waals surface area contributed by atoms with Gasteiger partial charge in [0.1, 0.15) is 30.5 Å². The number of benzene rings is 2. The number of methoxy groups -OCH3 is 1. The minimum Gasteiger partial charge on any atom is -0.497 e. The van der Waals surface area contributed by atoms with Crippen molar-refractivity contribution in [3.05, 3.63) is 53.6 Å². The van der Waals surface area contributed by atoms with E-state index in [0.717, 1.165) is 17.2 Å². The molecule has 0 aliphatic rings. The van der Waals surface area contributed by atoms with Crippen molar-refractivity contribution in [3.63, 3.8) is 0 Å². The van der Waals surface area contributed by atoms with E-state index in [-0.39, 0.29) is 0 Å².